The molecule has 1 N–H and O–H groups in total. The standard InChI is InChI=1S/C11H16N2O2/c14-9-8-4-3-7-13(8)10(15)11(12-9)5-1-2-6-11/h8H,1-7H2,(H,12,14)/t8-/m0/s1. The maximum atomic E-state index is 12.3. The highest BCUT2D eigenvalue weighted by molar-refractivity contribution is 6.00. The number of carbonyl (C=O) groups is 2. The summed E-state index contributed by atoms with van der Waals surface area (Å²) < 4.78 is 0. The number of piperazine rings is 1. The van der Waals surface area contributed by atoms with E-state index < -0.39 is 5.54 Å². The molecule has 2 amide bonds. The summed E-state index contributed by atoms with van der Waals surface area (Å²) in [5.41, 5.74) is -0.516. The summed E-state index contributed by atoms with van der Waals surface area (Å²) >= 11 is 0. The quantitative estimate of drug-likeness (QED) is 0.627. The van der Waals surface area contributed by atoms with Gasteiger partial charge in [0.15, 0.2) is 0 Å². The Morgan fingerprint density at radius 1 is 1.20 bits per heavy atom. The molecule has 0 aromatic rings. The van der Waals surface area contributed by atoms with Crippen molar-refractivity contribution in [3.8, 4) is 0 Å². The number of carbonyl (C=O) groups excluding carboxylic acids is 2. The second-order valence-corrected chi connectivity index (χ2v) is 4.94. The molecule has 1 aliphatic carbocycles. The highest BCUT2D eigenvalue weighted by Gasteiger charge is 2.52. The van der Waals surface area contributed by atoms with Crippen molar-refractivity contribution in [1.82, 2.24) is 10.2 Å². The first-order chi connectivity index (χ1) is 7.23. The molecule has 4 nitrogen and oxygen atoms in total. The SMILES string of the molecule is O=C1NC2(CCCC2)C(=O)N2CCC[C@@H]12. The van der Waals surface area contributed by atoms with Crippen molar-refractivity contribution < 1.29 is 9.59 Å². The number of nitrogens with one attached hydrogen (secondary N) is 1. The minimum atomic E-state index is -0.516. The van der Waals surface area contributed by atoms with Gasteiger partial charge < -0.3 is 10.2 Å². The van der Waals surface area contributed by atoms with E-state index in [1.165, 1.54) is 0 Å². The highest BCUT2D eigenvalue weighted by atomic mass is 16.2. The van der Waals surface area contributed by atoms with Crippen molar-refractivity contribution in [3.05, 3.63) is 0 Å². The first-order valence-electron chi connectivity index (χ1n) is 5.86. The first kappa shape index (κ1) is 9.19. The summed E-state index contributed by atoms with van der Waals surface area (Å²) in [4.78, 5) is 26.0. The van der Waals surface area contributed by atoms with Crippen LogP contribution in [-0.4, -0.2) is 34.8 Å². The van der Waals surface area contributed by atoms with E-state index >= 15 is 0 Å². The third kappa shape index (κ3) is 1.13. The Labute approximate surface area is 89.0 Å². The average molecular weight is 208 g/mol. The van der Waals surface area contributed by atoms with Gasteiger partial charge in [0, 0.05) is 6.54 Å². The Bertz CT molecular complexity index is 321. The van der Waals surface area contributed by atoms with Gasteiger partial charge in [0.1, 0.15) is 11.6 Å². The summed E-state index contributed by atoms with van der Waals surface area (Å²) in [6.07, 6.45) is 5.60. The molecule has 3 fully saturated rings. The fourth-order valence-corrected chi connectivity index (χ4v) is 3.25. The van der Waals surface area contributed by atoms with Crippen LogP contribution in [0.25, 0.3) is 0 Å². The Morgan fingerprint density at radius 2 is 1.93 bits per heavy atom. The lowest BCUT2D eigenvalue weighted by atomic mass is 9.91. The minimum absolute atomic E-state index is 0.0778. The number of fused-ring (bicyclic) bond motifs is 1. The Kier molecular flexibility index (Phi) is 1.82. The van der Waals surface area contributed by atoms with Crippen LogP contribution in [0, 0.1) is 0 Å². The molecule has 82 valence electrons. The summed E-state index contributed by atoms with van der Waals surface area (Å²) in [6, 6.07) is -0.163. The van der Waals surface area contributed by atoms with E-state index in [0.29, 0.717) is 0 Å². The van der Waals surface area contributed by atoms with E-state index in [0.717, 1.165) is 45.1 Å². The maximum Gasteiger partial charge on any atom is 0.249 e. The smallest absolute Gasteiger partial charge is 0.249 e. The molecule has 2 saturated heterocycles. The second kappa shape index (κ2) is 2.97. The predicted molar refractivity (Wildman–Crippen MR) is 54.1 cm³/mol. The summed E-state index contributed by atoms with van der Waals surface area (Å²) in [7, 11) is 0. The summed E-state index contributed by atoms with van der Waals surface area (Å²) in [5, 5.41) is 2.98. The van der Waals surface area contributed by atoms with Crippen LogP contribution in [0.3, 0.4) is 0 Å². The zero-order valence-corrected chi connectivity index (χ0v) is 8.79. The van der Waals surface area contributed by atoms with Crippen molar-refractivity contribution in [2.75, 3.05) is 6.54 Å². The van der Waals surface area contributed by atoms with Gasteiger partial charge >= 0.3 is 0 Å². The van der Waals surface area contributed by atoms with Gasteiger partial charge in [-0.3, -0.25) is 9.59 Å². The summed E-state index contributed by atoms with van der Waals surface area (Å²) in [5.74, 6) is 0.260. The highest BCUT2D eigenvalue weighted by Crippen LogP contribution is 2.36. The lowest BCUT2D eigenvalue weighted by Gasteiger charge is -2.41. The van der Waals surface area contributed by atoms with Crippen LogP contribution >= 0.6 is 0 Å². The van der Waals surface area contributed by atoms with Crippen LogP contribution in [-0.2, 0) is 9.59 Å². The van der Waals surface area contributed by atoms with E-state index in [-0.39, 0.29) is 17.9 Å². The van der Waals surface area contributed by atoms with E-state index in [4.69, 9.17) is 0 Å². The van der Waals surface area contributed by atoms with Gasteiger partial charge in [-0.1, -0.05) is 12.8 Å². The van der Waals surface area contributed by atoms with Gasteiger partial charge in [0.2, 0.25) is 11.8 Å². The molecule has 1 saturated carbocycles. The fourth-order valence-electron chi connectivity index (χ4n) is 3.25. The molecule has 2 aliphatic heterocycles. The molecule has 4 heteroatoms. The lowest BCUT2D eigenvalue weighted by molar-refractivity contribution is -0.152. The number of rotatable bonds is 0. The van der Waals surface area contributed by atoms with Crippen molar-refractivity contribution in [2.24, 2.45) is 0 Å². The topological polar surface area (TPSA) is 49.4 Å². The van der Waals surface area contributed by atoms with Crippen molar-refractivity contribution in [3.63, 3.8) is 0 Å². The molecule has 0 bridgehead atoms. The van der Waals surface area contributed by atoms with E-state index in [2.05, 4.69) is 5.32 Å². The van der Waals surface area contributed by atoms with Gasteiger partial charge in [0.25, 0.3) is 0 Å². The molecule has 0 unspecified atom stereocenters. The molecule has 0 aromatic carbocycles. The van der Waals surface area contributed by atoms with Crippen LogP contribution < -0.4 is 5.32 Å². The number of amides is 2. The molecule has 15 heavy (non-hydrogen) atoms. The van der Waals surface area contributed by atoms with E-state index in [1.807, 2.05) is 4.90 Å². The molecule has 1 atom stereocenters. The fraction of sp³-hybridized carbons (Fsp3) is 0.818. The van der Waals surface area contributed by atoms with Gasteiger partial charge in [-0.2, -0.15) is 0 Å². The molecule has 0 aromatic heterocycles. The first-order valence-corrected chi connectivity index (χ1v) is 5.86. The third-order valence-corrected chi connectivity index (χ3v) is 4.05. The molecule has 0 radical (unpaired) electrons. The monoisotopic (exact) mass is 208 g/mol. The zero-order chi connectivity index (χ0) is 10.5. The van der Waals surface area contributed by atoms with Crippen molar-refractivity contribution in [1.29, 1.82) is 0 Å². The largest absolute Gasteiger partial charge is 0.340 e. The summed E-state index contributed by atoms with van der Waals surface area (Å²) in [6.45, 7) is 0.776. The van der Waals surface area contributed by atoms with E-state index in [1.54, 1.807) is 0 Å². The third-order valence-electron chi connectivity index (χ3n) is 4.05. The average Bonchev–Trinajstić information content (AvgIpc) is 2.83. The second-order valence-electron chi connectivity index (χ2n) is 4.94. The minimum Gasteiger partial charge on any atom is -0.340 e. The number of hydrogen-bond donors (Lipinski definition) is 1. The number of hydrogen-bond acceptors (Lipinski definition) is 2. The molecule has 3 rings (SSSR count). The predicted octanol–water partition coefficient (Wildman–Crippen LogP) is 0.420. The number of nitrogens with zero attached hydrogens (tertiary/aromatic N) is 1. The van der Waals surface area contributed by atoms with Crippen LogP contribution in [0.5, 0.6) is 0 Å². The zero-order valence-electron chi connectivity index (χ0n) is 8.79. The normalized spacial score (nSPS) is 33.3. The molecule has 2 heterocycles. The molecule has 1 spiro atoms. The van der Waals surface area contributed by atoms with Crippen LogP contribution in [0.1, 0.15) is 38.5 Å². The van der Waals surface area contributed by atoms with Gasteiger partial charge in [-0.25, -0.2) is 0 Å². The van der Waals surface area contributed by atoms with Gasteiger partial charge in [0.05, 0.1) is 0 Å². The lowest BCUT2D eigenvalue weighted by Crippen LogP contribution is -2.67. The van der Waals surface area contributed by atoms with Crippen LogP contribution in [0.15, 0.2) is 0 Å². The van der Waals surface area contributed by atoms with E-state index in [9.17, 15) is 9.59 Å². The van der Waals surface area contributed by atoms with Gasteiger partial charge in [-0.15, -0.1) is 0 Å². The maximum absolute atomic E-state index is 12.3. The molecular formula is C11H16N2O2. The molecular weight excluding hydrogens is 192 g/mol. The van der Waals surface area contributed by atoms with Crippen molar-refractivity contribution in [2.45, 2.75) is 50.1 Å². The van der Waals surface area contributed by atoms with Gasteiger partial charge in [-0.05, 0) is 25.7 Å². The Morgan fingerprint density at radius 3 is 2.67 bits per heavy atom. The van der Waals surface area contributed by atoms with Crippen molar-refractivity contribution >= 4 is 11.8 Å². The Hall–Kier alpha value is -1.06. The van der Waals surface area contributed by atoms with Crippen LogP contribution in [0.2, 0.25) is 0 Å². The van der Waals surface area contributed by atoms with Crippen LogP contribution in [0.4, 0.5) is 0 Å². The Balaban J connectivity index is 1.94. The molecule has 3 aliphatic rings.